The van der Waals surface area contributed by atoms with E-state index in [1.54, 1.807) is 12.1 Å². The quantitative estimate of drug-likeness (QED) is 0.594. The topological polar surface area (TPSA) is 43.4 Å². The van der Waals surface area contributed by atoms with Crippen LogP contribution in [0.2, 0.25) is 0 Å². The molecule has 3 heteroatoms. The first-order valence-corrected chi connectivity index (χ1v) is 8.52. The lowest BCUT2D eigenvalue weighted by atomic mass is 9.82. The highest BCUT2D eigenvalue weighted by molar-refractivity contribution is 6.04. The van der Waals surface area contributed by atoms with Crippen molar-refractivity contribution in [2.75, 3.05) is 7.11 Å². The van der Waals surface area contributed by atoms with E-state index in [0.29, 0.717) is 5.56 Å². The Morgan fingerprint density at radius 1 is 0.917 bits per heavy atom. The highest BCUT2D eigenvalue weighted by atomic mass is 16.5. The van der Waals surface area contributed by atoms with Gasteiger partial charge >= 0.3 is 5.97 Å². The first kappa shape index (κ1) is 16.4. The molecule has 0 atom stereocenters. The zero-order chi connectivity index (χ0) is 16.9. The maximum absolute atomic E-state index is 12.9. The fourth-order valence-electron chi connectivity index (χ4n) is 3.44. The Balaban J connectivity index is 1.91. The van der Waals surface area contributed by atoms with E-state index in [0.717, 1.165) is 42.4 Å². The standard InChI is InChI=1S/C21H22O3/c1-24-21(23)17-13-11-15(12-14-17)18-9-5-6-10-19(18)20(22)16-7-3-2-4-8-16/h5-6,9-14,16H,2-4,7-8H2,1H3. The van der Waals surface area contributed by atoms with Gasteiger partial charge in [0.2, 0.25) is 0 Å². The Morgan fingerprint density at radius 2 is 1.58 bits per heavy atom. The molecule has 124 valence electrons. The number of carbonyl (C=O) groups is 2. The molecule has 2 aromatic rings. The van der Waals surface area contributed by atoms with Gasteiger partial charge in [-0.15, -0.1) is 0 Å². The van der Waals surface area contributed by atoms with Crippen LogP contribution < -0.4 is 0 Å². The van der Waals surface area contributed by atoms with E-state index >= 15 is 0 Å². The van der Waals surface area contributed by atoms with Gasteiger partial charge in [-0.3, -0.25) is 4.79 Å². The van der Waals surface area contributed by atoms with Crippen molar-refractivity contribution in [3.8, 4) is 11.1 Å². The molecule has 3 rings (SSSR count). The van der Waals surface area contributed by atoms with Crippen molar-refractivity contribution in [2.45, 2.75) is 32.1 Å². The average molecular weight is 322 g/mol. The maximum atomic E-state index is 12.9. The molecule has 0 unspecified atom stereocenters. The van der Waals surface area contributed by atoms with Crippen LogP contribution in [-0.4, -0.2) is 18.9 Å². The minimum atomic E-state index is -0.354. The zero-order valence-electron chi connectivity index (χ0n) is 14.0. The monoisotopic (exact) mass is 322 g/mol. The van der Waals surface area contributed by atoms with Gasteiger partial charge in [-0.1, -0.05) is 55.7 Å². The molecule has 0 saturated heterocycles. The zero-order valence-corrected chi connectivity index (χ0v) is 14.0. The third kappa shape index (κ3) is 3.40. The molecule has 1 saturated carbocycles. The first-order chi connectivity index (χ1) is 11.7. The lowest BCUT2D eigenvalue weighted by molar-refractivity contribution is 0.0600. The molecule has 0 aromatic heterocycles. The normalized spacial score (nSPS) is 15.0. The van der Waals surface area contributed by atoms with Crippen LogP contribution in [0.5, 0.6) is 0 Å². The van der Waals surface area contributed by atoms with Crippen LogP contribution in [0.15, 0.2) is 48.5 Å². The Labute approximate surface area is 142 Å². The number of carbonyl (C=O) groups excluding carboxylic acids is 2. The van der Waals surface area contributed by atoms with Crippen molar-refractivity contribution in [3.63, 3.8) is 0 Å². The van der Waals surface area contributed by atoms with Gasteiger partial charge in [0.25, 0.3) is 0 Å². The van der Waals surface area contributed by atoms with Crippen LogP contribution in [-0.2, 0) is 4.74 Å². The van der Waals surface area contributed by atoms with Gasteiger partial charge in [-0.25, -0.2) is 4.79 Å². The molecule has 0 heterocycles. The van der Waals surface area contributed by atoms with E-state index in [1.165, 1.54) is 13.5 Å². The summed E-state index contributed by atoms with van der Waals surface area (Å²) in [5.41, 5.74) is 3.18. The van der Waals surface area contributed by atoms with Crippen molar-refractivity contribution >= 4 is 11.8 Å². The molecule has 1 aliphatic rings. The molecule has 24 heavy (non-hydrogen) atoms. The summed E-state index contributed by atoms with van der Waals surface area (Å²) in [5.74, 6) is 0.0460. The third-order valence-electron chi connectivity index (χ3n) is 4.79. The van der Waals surface area contributed by atoms with E-state index < -0.39 is 0 Å². The third-order valence-corrected chi connectivity index (χ3v) is 4.79. The molecular weight excluding hydrogens is 300 g/mol. The van der Waals surface area contributed by atoms with Crippen molar-refractivity contribution in [2.24, 2.45) is 5.92 Å². The molecule has 1 fully saturated rings. The molecule has 1 aliphatic carbocycles. The van der Waals surface area contributed by atoms with E-state index in [9.17, 15) is 9.59 Å². The summed E-state index contributed by atoms with van der Waals surface area (Å²) in [6, 6.07) is 15.0. The van der Waals surface area contributed by atoms with Gasteiger partial charge in [-0.05, 0) is 36.1 Å². The lowest BCUT2D eigenvalue weighted by Crippen LogP contribution is -2.18. The van der Waals surface area contributed by atoms with Crippen LogP contribution in [0.4, 0.5) is 0 Å². The molecular formula is C21H22O3. The number of methoxy groups -OCH3 is 1. The van der Waals surface area contributed by atoms with Crippen molar-refractivity contribution < 1.29 is 14.3 Å². The predicted molar refractivity (Wildman–Crippen MR) is 94.1 cm³/mol. The number of hydrogen-bond acceptors (Lipinski definition) is 3. The highest BCUT2D eigenvalue weighted by Gasteiger charge is 2.24. The molecule has 3 nitrogen and oxygen atoms in total. The predicted octanol–water partition coefficient (Wildman–Crippen LogP) is 4.90. The lowest BCUT2D eigenvalue weighted by Gasteiger charge is -2.21. The van der Waals surface area contributed by atoms with Crippen molar-refractivity contribution in [3.05, 3.63) is 59.7 Å². The number of benzene rings is 2. The highest BCUT2D eigenvalue weighted by Crippen LogP contribution is 2.31. The van der Waals surface area contributed by atoms with Crippen LogP contribution in [0, 0.1) is 5.92 Å². The van der Waals surface area contributed by atoms with Gasteiger partial charge in [0.15, 0.2) is 5.78 Å². The summed E-state index contributed by atoms with van der Waals surface area (Å²) in [6.45, 7) is 0. The molecule has 0 bridgehead atoms. The average Bonchev–Trinajstić information content (AvgIpc) is 2.67. The van der Waals surface area contributed by atoms with E-state index in [2.05, 4.69) is 0 Å². The summed E-state index contributed by atoms with van der Waals surface area (Å²) in [5, 5.41) is 0. The van der Waals surface area contributed by atoms with E-state index in [1.807, 2.05) is 36.4 Å². The van der Waals surface area contributed by atoms with E-state index in [4.69, 9.17) is 4.74 Å². The van der Waals surface area contributed by atoms with Gasteiger partial charge in [0.1, 0.15) is 0 Å². The van der Waals surface area contributed by atoms with Gasteiger partial charge in [0.05, 0.1) is 12.7 Å². The second kappa shape index (κ2) is 7.43. The second-order valence-corrected chi connectivity index (χ2v) is 6.31. The molecule has 0 aliphatic heterocycles. The van der Waals surface area contributed by atoms with E-state index in [-0.39, 0.29) is 17.7 Å². The number of Topliss-reactive ketones (excluding diaryl/α,β-unsaturated/α-hetero) is 1. The van der Waals surface area contributed by atoms with Crippen molar-refractivity contribution in [1.82, 2.24) is 0 Å². The minimum Gasteiger partial charge on any atom is -0.465 e. The number of ether oxygens (including phenoxy) is 1. The summed E-state index contributed by atoms with van der Waals surface area (Å²) in [7, 11) is 1.37. The minimum absolute atomic E-state index is 0.147. The molecule has 0 radical (unpaired) electrons. The van der Waals surface area contributed by atoms with Crippen LogP contribution >= 0.6 is 0 Å². The number of esters is 1. The summed E-state index contributed by atoms with van der Waals surface area (Å²) < 4.78 is 4.73. The molecule has 0 amide bonds. The summed E-state index contributed by atoms with van der Waals surface area (Å²) in [6.07, 6.45) is 5.52. The SMILES string of the molecule is COC(=O)c1ccc(-c2ccccc2C(=O)C2CCCCC2)cc1. The van der Waals surface area contributed by atoms with Crippen molar-refractivity contribution in [1.29, 1.82) is 0 Å². The van der Waals surface area contributed by atoms with Crippen LogP contribution in [0.3, 0.4) is 0 Å². The largest absolute Gasteiger partial charge is 0.465 e. The maximum Gasteiger partial charge on any atom is 0.337 e. The van der Waals surface area contributed by atoms with Gasteiger partial charge in [-0.2, -0.15) is 0 Å². The Morgan fingerprint density at radius 3 is 2.25 bits per heavy atom. The molecule has 0 N–H and O–H groups in total. The van der Waals surface area contributed by atoms with Gasteiger partial charge < -0.3 is 4.74 Å². The molecule has 0 spiro atoms. The van der Waals surface area contributed by atoms with Crippen LogP contribution in [0.1, 0.15) is 52.8 Å². The Hall–Kier alpha value is -2.42. The number of rotatable bonds is 4. The first-order valence-electron chi connectivity index (χ1n) is 8.52. The smallest absolute Gasteiger partial charge is 0.337 e. The second-order valence-electron chi connectivity index (χ2n) is 6.31. The Kier molecular flexibility index (Phi) is 5.09. The van der Waals surface area contributed by atoms with Crippen LogP contribution in [0.25, 0.3) is 11.1 Å². The summed E-state index contributed by atoms with van der Waals surface area (Å²) in [4.78, 5) is 24.5. The van der Waals surface area contributed by atoms with Gasteiger partial charge in [0, 0.05) is 11.5 Å². The molecule has 2 aromatic carbocycles. The fraction of sp³-hybridized carbons (Fsp3) is 0.333. The fourth-order valence-corrected chi connectivity index (χ4v) is 3.44. The summed E-state index contributed by atoms with van der Waals surface area (Å²) >= 11 is 0. The number of hydrogen-bond donors (Lipinski definition) is 0. The Bertz CT molecular complexity index is 725. The number of ketones is 1.